The number of nitrogens with one attached hydrogen (secondary N) is 1. The van der Waals surface area contributed by atoms with Crippen molar-refractivity contribution in [3.05, 3.63) is 29.3 Å². The number of benzene rings is 1. The summed E-state index contributed by atoms with van der Waals surface area (Å²) in [5.74, 6) is 1.47. The molecule has 144 valence electrons. The zero-order valence-electron chi connectivity index (χ0n) is 15.6. The summed E-state index contributed by atoms with van der Waals surface area (Å²) in [5, 5.41) is 4.49. The average molecular weight is 387 g/mol. The van der Waals surface area contributed by atoms with Crippen LogP contribution in [0.25, 0.3) is 10.9 Å². The molecule has 2 aliphatic rings. The van der Waals surface area contributed by atoms with E-state index in [4.69, 9.17) is 22.3 Å². The minimum Gasteiger partial charge on any atom is -0.355 e. The maximum absolute atomic E-state index is 12.6. The Hall–Kier alpha value is -1.85. The van der Waals surface area contributed by atoms with E-state index in [0.29, 0.717) is 23.0 Å². The van der Waals surface area contributed by atoms with E-state index in [-0.39, 0.29) is 11.9 Å². The van der Waals surface area contributed by atoms with Crippen molar-refractivity contribution in [2.24, 2.45) is 11.7 Å². The third-order valence-corrected chi connectivity index (χ3v) is 6.13. The van der Waals surface area contributed by atoms with Crippen LogP contribution in [0.15, 0.2) is 24.3 Å². The van der Waals surface area contributed by atoms with Gasteiger partial charge in [0.05, 0.1) is 16.2 Å². The van der Waals surface area contributed by atoms with Crippen molar-refractivity contribution in [3.8, 4) is 0 Å². The van der Waals surface area contributed by atoms with Crippen LogP contribution in [-0.2, 0) is 4.79 Å². The summed E-state index contributed by atoms with van der Waals surface area (Å²) in [6.45, 7) is 1.76. The summed E-state index contributed by atoms with van der Waals surface area (Å²) in [6, 6.07) is 7.93. The maximum atomic E-state index is 12.6. The Kier molecular flexibility index (Phi) is 5.50. The minimum atomic E-state index is 0.0471. The smallest absolute Gasteiger partial charge is 0.224 e. The van der Waals surface area contributed by atoms with Crippen LogP contribution in [0.5, 0.6) is 0 Å². The van der Waals surface area contributed by atoms with Crippen LogP contribution < -0.4 is 16.0 Å². The summed E-state index contributed by atoms with van der Waals surface area (Å²) in [6.07, 6.45) is 7.63. The summed E-state index contributed by atoms with van der Waals surface area (Å²) < 4.78 is 0. The van der Waals surface area contributed by atoms with Gasteiger partial charge in [0, 0.05) is 30.9 Å². The molecule has 4 rings (SSSR count). The second kappa shape index (κ2) is 8.03. The van der Waals surface area contributed by atoms with Gasteiger partial charge in [0.15, 0.2) is 0 Å². The molecule has 1 aromatic heterocycles. The lowest BCUT2D eigenvalue weighted by molar-refractivity contribution is -0.117. The Labute approximate surface area is 165 Å². The van der Waals surface area contributed by atoms with Gasteiger partial charge in [-0.2, -0.15) is 0 Å². The fraction of sp³-hybridized carbons (Fsp3) is 0.524. The molecule has 1 saturated carbocycles. The Balaban J connectivity index is 1.54. The first-order valence-electron chi connectivity index (χ1n) is 10.00. The third kappa shape index (κ3) is 4.19. The molecule has 2 heterocycles. The molecule has 2 fully saturated rings. The van der Waals surface area contributed by atoms with E-state index in [0.717, 1.165) is 49.1 Å². The second-order valence-corrected chi connectivity index (χ2v) is 8.32. The highest BCUT2D eigenvalue weighted by Gasteiger charge is 2.22. The summed E-state index contributed by atoms with van der Waals surface area (Å²) >= 11 is 6.41. The fourth-order valence-electron chi connectivity index (χ4n) is 4.31. The van der Waals surface area contributed by atoms with Crippen molar-refractivity contribution >= 4 is 39.9 Å². The van der Waals surface area contributed by atoms with E-state index >= 15 is 0 Å². The van der Waals surface area contributed by atoms with E-state index in [9.17, 15) is 4.79 Å². The number of nitrogens with two attached hydrogens (primary N) is 1. The number of hydrogen-bond acceptors (Lipinski definition) is 4. The van der Waals surface area contributed by atoms with Crippen LogP contribution in [0, 0.1) is 5.92 Å². The van der Waals surface area contributed by atoms with Crippen molar-refractivity contribution in [2.75, 3.05) is 23.3 Å². The number of aromatic nitrogens is 1. The first-order valence-corrected chi connectivity index (χ1v) is 10.4. The van der Waals surface area contributed by atoms with E-state index in [2.05, 4.69) is 10.2 Å². The van der Waals surface area contributed by atoms with Crippen molar-refractivity contribution in [3.63, 3.8) is 0 Å². The lowest BCUT2D eigenvalue weighted by Crippen LogP contribution is -2.26. The van der Waals surface area contributed by atoms with Gasteiger partial charge < -0.3 is 16.0 Å². The lowest BCUT2D eigenvalue weighted by atomic mass is 9.87. The zero-order chi connectivity index (χ0) is 18.8. The molecule has 1 saturated heterocycles. The van der Waals surface area contributed by atoms with Crippen LogP contribution in [0.2, 0.25) is 5.02 Å². The highest BCUT2D eigenvalue weighted by atomic mass is 35.5. The quantitative estimate of drug-likeness (QED) is 0.820. The Bertz CT molecular complexity index is 834. The molecule has 1 aromatic carbocycles. The highest BCUT2D eigenvalue weighted by molar-refractivity contribution is 6.35. The predicted octanol–water partition coefficient (Wildman–Crippen LogP) is 4.33. The predicted molar refractivity (Wildman–Crippen MR) is 111 cm³/mol. The molecule has 6 heteroatoms. The molecule has 1 amide bonds. The van der Waals surface area contributed by atoms with Gasteiger partial charge in [-0.25, -0.2) is 4.98 Å². The number of pyridine rings is 1. The molecule has 2 aromatic rings. The standard InChI is InChI=1S/C21H27ClN4O/c22-17-7-8-18-16(6-9-19(24-18)26-11-10-15(23)13-26)21(17)25-20(27)12-14-4-2-1-3-5-14/h6-9,14-15H,1-5,10-13,23H2,(H,25,27). The summed E-state index contributed by atoms with van der Waals surface area (Å²) in [5.41, 5.74) is 7.53. The maximum Gasteiger partial charge on any atom is 0.224 e. The Morgan fingerprint density at radius 2 is 2.00 bits per heavy atom. The molecular weight excluding hydrogens is 360 g/mol. The molecule has 27 heavy (non-hydrogen) atoms. The molecule has 1 atom stereocenters. The zero-order valence-corrected chi connectivity index (χ0v) is 16.3. The normalized spacial score (nSPS) is 21.0. The molecule has 3 N–H and O–H groups in total. The van der Waals surface area contributed by atoms with Gasteiger partial charge in [0.1, 0.15) is 5.82 Å². The topological polar surface area (TPSA) is 71.2 Å². The van der Waals surface area contributed by atoms with Crippen LogP contribution in [0.3, 0.4) is 0 Å². The molecule has 5 nitrogen and oxygen atoms in total. The van der Waals surface area contributed by atoms with Crippen LogP contribution in [-0.4, -0.2) is 30.0 Å². The van der Waals surface area contributed by atoms with Gasteiger partial charge in [-0.15, -0.1) is 0 Å². The van der Waals surface area contributed by atoms with Crippen molar-refractivity contribution in [1.29, 1.82) is 0 Å². The average Bonchev–Trinajstić information content (AvgIpc) is 3.11. The fourth-order valence-corrected chi connectivity index (χ4v) is 4.52. The number of nitrogens with zero attached hydrogens (tertiary/aromatic N) is 2. The second-order valence-electron chi connectivity index (χ2n) is 7.91. The number of carbonyl (C=O) groups excluding carboxylic acids is 1. The number of hydrogen-bond donors (Lipinski definition) is 2. The van der Waals surface area contributed by atoms with Gasteiger partial charge >= 0.3 is 0 Å². The van der Waals surface area contributed by atoms with Gasteiger partial charge in [0.25, 0.3) is 0 Å². The van der Waals surface area contributed by atoms with Gasteiger partial charge in [0.2, 0.25) is 5.91 Å². The van der Waals surface area contributed by atoms with Crippen LogP contribution in [0.1, 0.15) is 44.9 Å². The summed E-state index contributed by atoms with van der Waals surface area (Å²) in [4.78, 5) is 19.6. The number of halogens is 1. The largest absolute Gasteiger partial charge is 0.355 e. The number of anilines is 2. The molecule has 0 spiro atoms. The SMILES string of the molecule is NC1CCN(c2ccc3c(NC(=O)CC4CCCCC4)c(Cl)ccc3n2)C1. The number of amides is 1. The molecule has 0 radical (unpaired) electrons. The van der Waals surface area contributed by atoms with Crippen molar-refractivity contribution < 1.29 is 4.79 Å². The monoisotopic (exact) mass is 386 g/mol. The molecule has 1 aliphatic heterocycles. The van der Waals surface area contributed by atoms with Crippen molar-refractivity contribution in [1.82, 2.24) is 4.98 Å². The molecular formula is C21H27ClN4O. The first-order chi connectivity index (χ1) is 13.1. The van der Waals surface area contributed by atoms with E-state index < -0.39 is 0 Å². The Morgan fingerprint density at radius 3 is 2.74 bits per heavy atom. The molecule has 1 aliphatic carbocycles. The lowest BCUT2D eigenvalue weighted by Gasteiger charge is -2.21. The van der Waals surface area contributed by atoms with Gasteiger partial charge in [-0.1, -0.05) is 30.9 Å². The molecule has 1 unspecified atom stereocenters. The van der Waals surface area contributed by atoms with Crippen molar-refractivity contribution in [2.45, 2.75) is 51.0 Å². The number of carbonyl (C=O) groups is 1. The van der Waals surface area contributed by atoms with E-state index in [1.54, 1.807) is 0 Å². The highest BCUT2D eigenvalue weighted by Crippen LogP contribution is 2.33. The number of rotatable bonds is 4. The first kappa shape index (κ1) is 18.5. The summed E-state index contributed by atoms with van der Waals surface area (Å²) in [7, 11) is 0. The van der Waals surface area contributed by atoms with E-state index in [1.807, 2.05) is 24.3 Å². The van der Waals surface area contributed by atoms with Crippen LogP contribution >= 0.6 is 11.6 Å². The van der Waals surface area contributed by atoms with Gasteiger partial charge in [-0.05, 0) is 49.4 Å². The Morgan fingerprint density at radius 1 is 1.19 bits per heavy atom. The minimum absolute atomic E-state index is 0.0471. The van der Waals surface area contributed by atoms with E-state index in [1.165, 1.54) is 19.3 Å². The number of fused-ring (bicyclic) bond motifs is 1. The van der Waals surface area contributed by atoms with Crippen LogP contribution in [0.4, 0.5) is 11.5 Å². The third-order valence-electron chi connectivity index (χ3n) is 5.82. The van der Waals surface area contributed by atoms with Gasteiger partial charge in [-0.3, -0.25) is 4.79 Å². The molecule has 0 bridgehead atoms.